The van der Waals surface area contributed by atoms with Crippen molar-refractivity contribution in [2.45, 2.75) is 6.42 Å². The summed E-state index contributed by atoms with van der Waals surface area (Å²) < 4.78 is 10.0. The number of amides is 1. The fourth-order valence-corrected chi connectivity index (χ4v) is 2.24. The monoisotopic (exact) mass is 347 g/mol. The lowest BCUT2D eigenvalue weighted by molar-refractivity contribution is -0.124. The van der Waals surface area contributed by atoms with Gasteiger partial charge in [-0.05, 0) is 36.2 Å². The lowest BCUT2D eigenvalue weighted by atomic mass is 10.1. The van der Waals surface area contributed by atoms with E-state index in [0.29, 0.717) is 18.0 Å². The molecule has 0 unspecified atom stereocenters. The van der Waals surface area contributed by atoms with Gasteiger partial charge < -0.3 is 14.8 Å². The molecule has 0 aliphatic carbocycles. The van der Waals surface area contributed by atoms with Crippen LogP contribution in [0.4, 0.5) is 0 Å². The maximum absolute atomic E-state index is 11.8. The zero-order chi connectivity index (χ0) is 17.4. The van der Waals surface area contributed by atoms with E-state index in [1.54, 1.807) is 31.4 Å². The summed E-state index contributed by atoms with van der Waals surface area (Å²) in [6.07, 6.45) is 0.675. The molecule has 2 rings (SSSR count). The summed E-state index contributed by atoms with van der Waals surface area (Å²) in [6.45, 7) is 0.113. The number of benzene rings is 2. The van der Waals surface area contributed by atoms with E-state index in [4.69, 9.17) is 21.1 Å². The van der Waals surface area contributed by atoms with Crippen LogP contribution < -0.4 is 10.1 Å². The second-order valence-electron chi connectivity index (χ2n) is 5.00. The molecule has 0 spiro atoms. The number of carbonyl (C=O) groups is 2. The zero-order valence-corrected chi connectivity index (χ0v) is 14.0. The summed E-state index contributed by atoms with van der Waals surface area (Å²) in [6, 6.07) is 14.1. The van der Waals surface area contributed by atoms with Crippen LogP contribution in [0, 0.1) is 0 Å². The summed E-state index contributed by atoms with van der Waals surface area (Å²) in [7, 11) is 1.61. The Morgan fingerprint density at radius 1 is 1.08 bits per heavy atom. The normalized spacial score (nSPS) is 10.1. The third-order valence-electron chi connectivity index (χ3n) is 3.32. The third kappa shape index (κ3) is 5.28. The Bertz CT molecular complexity index is 700. The van der Waals surface area contributed by atoms with Crippen LogP contribution in [0.1, 0.15) is 15.9 Å². The number of ether oxygens (including phenoxy) is 2. The van der Waals surface area contributed by atoms with Gasteiger partial charge in [0.25, 0.3) is 5.91 Å². The largest absolute Gasteiger partial charge is 0.497 e. The Morgan fingerprint density at radius 2 is 1.79 bits per heavy atom. The number of hydrogen-bond donors (Lipinski definition) is 1. The number of rotatable bonds is 7. The lowest BCUT2D eigenvalue weighted by Crippen LogP contribution is -2.30. The van der Waals surface area contributed by atoms with Gasteiger partial charge in [0, 0.05) is 6.54 Å². The van der Waals surface area contributed by atoms with Crippen molar-refractivity contribution in [2.24, 2.45) is 0 Å². The van der Waals surface area contributed by atoms with Gasteiger partial charge in [0.15, 0.2) is 6.61 Å². The van der Waals surface area contributed by atoms with E-state index in [-0.39, 0.29) is 18.1 Å². The van der Waals surface area contributed by atoms with Gasteiger partial charge in [-0.15, -0.1) is 0 Å². The first-order valence-corrected chi connectivity index (χ1v) is 7.79. The van der Waals surface area contributed by atoms with Gasteiger partial charge in [-0.2, -0.15) is 0 Å². The molecule has 5 nitrogen and oxygen atoms in total. The fraction of sp³-hybridized carbons (Fsp3) is 0.222. The van der Waals surface area contributed by atoms with E-state index in [1.165, 1.54) is 0 Å². The lowest BCUT2D eigenvalue weighted by Gasteiger charge is -2.08. The summed E-state index contributed by atoms with van der Waals surface area (Å²) in [4.78, 5) is 23.5. The molecule has 0 aromatic heterocycles. The number of methoxy groups -OCH3 is 1. The van der Waals surface area contributed by atoms with Crippen LogP contribution in [-0.4, -0.2) is 32.1 Å². The highest BCUT2D eigenvalue weighted by molar-refractivity contribution is 6.33. The molecule has 24 heavy (non-hydrogen) atoms. The van der Waals surface area contributed by atoms with Crippen LogP contribution in [0.2, 0.25) is 5.02 Å². The third-order valence-corrected chi connectivity index (χ3v) is 3.65. The average Bonchev–Trinajstić information content (AvgIpc) is 2.60. The smallest absolute Gasteiger partial charge is 0.340 e. The van der Waals surface area contributed by atoms with Gasteiger partial charge in [0.1, 0.15) is 5.75 Å². The van der Waals surface area contributed by atoms with Gasteiger partial charge in [0.05, 0.1) is 17.7 Å². The van der Waals surface area contributed by atoms with E-state index in [2.05, 4.69) is 5.32 Å². The van der Waals surface area contributed by atoms with Crippen molar-refractivity contribution in [3.05, 3.63) is 64.7 Å². The minimum Gasteiger partial charge on any atom is -0.497 e. The van der Waals surface area contributed by atoms with Gasteiger partial charge in [-0.25, -0.2) is 4.79 Å². The molecule has 0 atom stereocenters. The molecule has 1 N–H and O–H groups in total. The first kappa shape index (κ1) is 17.8. The first-order valence-electron chi connectivity index (χ1n) is 7.41. The van der Waals surface area contributed by atoms with Gasteiger partial charge in [0.2, 0.25) is 0 Å². The van der Waals surface area contributed by atoms with Crippen molar-refractivity contribution in [3.8, 4) is 5.75 Å². The molecule has 0 aliphatic rings. The first-order chi connectivity index (χ1) is 11.6. The van der Waals surface area contributed by atoms with Crippen LogP contribution in [0.25, 0.3) is 0 Å². The molecular formula is C18H18ClNO4. The molecule has 0 saturated heterocycles. The maximum atomic E-state index is 11.8. The quantitative estimate of drug-likeness (QED) is 0.782. The van der Waals surface area contributed by atoms with E-state index in [9.17, 15) is 9.59 Å². The number of esters is 1. The van der Waals surface area contributed by atoms with Crippen molar-refractivity contribution in [1.29, 1.82) is 0 Å². The van der Waals surface area contributed by atoms with Crippen LogP contribution in [-0.2, 0) is 16.0 Å². The van der Waals surface area contributed by atoms with Crippen molar-refractivity contribution in [3.63, 3.8) is 0 Å². The van der Waals surface area contributed by atoms with Crippen LogP contribution in [0.5, 0.6) is 5.75 Å². The van der Waals surface area contributed by atoms with E-state index in [0.717, 1.165) is 11.3 Å². The summed E-state index contributed by atoms with van der Waals surface area (Å²) >= 11 is 5.90. The Labute approximate surface area is 145 Å². The SMILES string of the molecule is COc1ccc(CCNC(=O)COC(=O)c2ccccc2Cl)cc1. The topological polar surface area (TPSA) is 64.6 Å². The van der Waals surface area contributed by atoms with Crippen LogP contribution in [0.3, 0.4) is 0 Å². The molecule has 2 aromatic rings. The Kier molecular flexibility index (Phi) is 6.63. The highest BCUT2D eigenvalue weighted by Gasteiger charge is 2.12. The molecule has 2 aromatic carbocycles. The number of carbonyl (C=O) groups excluding carboxylic acids is 2. The number of halogens is 1. The number of nitrogens with one attached hydrogen (secondary N) is 1. The molecular weight excluding hydrogens is 330 g/mol. The minimum absolute atomic E-state index is 0.241. The van der Waals surface area contributed by atoms with E-state index >= 15 is 0 Å². The van der Waals surface area contributed by atoms with Crippen molar-refractivity contribution < 1.29 is 19.1 Å². The van der Waals surface area contributed by atoms with Gasteiger partial charge >= 0.3 is 5.97 Å². The van der Waals surface area contributed by atoms with Crippen LogP contribution in [0.15, 0.2) is 48.5 Å². The Morgan fingerprint density at radius 3 is 2.46 bits per heavy atom. The summed E-state index contributed by atoms with van der Waals surface area (Å²) in [5.41, 5.74) is 1.31. The molecule has 0 radical (unpaired) electrons. The number of hydrogen-bond acceptors (Lipinski definition) is 4. The molecule has 0 aliphatic heterocycles. The molecule has 0 bridgehead atoms. The fourth-order valence-electron chi connectivity index (χ4n) is 2.03. The second kappa shape index (κ2) is 8.93. The predicted molar refractivity (Wildman–Crippen MR) is 91.4 cm³/mol. The van der Waals surface area contributed by atoms with Gasteiger partial charge in [-0.1, -0.05) is 35.9 Å². The maximum Gasteiger partial charge on any atom is 0.340 e. The van der Waals surface area contributed by atoms with E-state index in [1.807, 2.05) is 24.3 Å². The van der Waals surface area contributed by atoms with Crippen molar-refractivity contribution in [2.75, 3.05) is 20.3 Å². The zero-order valence-electron chi connectivity index (χ0n) is 13.3. The molecule has 1 amide bonds. The second-order valence-corrected chi connectivity index (χ2v) is 5.41. The minimum atomic E-state index is -0.620. The molecule has 6 heteroatoms. The Hall–Kier alpha value is -2.53. The highest BCUT2D eigenvalue weighted by Crippen LogP contribution is 2.15. The van der Waals surface area contributed by atoms with Crippen molar-refractivity contribution >= 4 is 23.5 Å². The van der Waals surface area contributed by atoms with Gasteiger partial charge in [-0.3, -0.25) is 4.79 Å². The molecule has 0 fully saturated rings. The average molecular weight is 348 g/mol. The molecule has 0 saturated carbocycles. The summed E-state index contributed by atoms with van der Waals surface area (Å²) in [5.74, 6) is -0.191. The predicted octanol–water partition coefficient (Wildman–Crippen LogP) is 2.86. The highest BCUT2D eigenvalue weighted by atomic mass is 35.5. The Balaban J connectivity index is 1.71. The van der Waals surface area contributed by atoms with E-state index < -0.39 is 5.97 Å². The summed E-state index contributed by atoms with van der Waals surface area (Å²) in [5, 5.41) is 2.99. The standard InChI is InChI=1S/C18H18ClNO4/c1-23-14-8-6-13(7-9-14)10-11-20-17(21)12-24-18(22)15-4-2-3-5-16(15)19/h2-9H,10-12H2,1H3,(H,20,21). The molecule has 126 valence electrons. The van der Waals surface area contributed by atoms with Crippen molar-refractivity contribution in [1.82, 2.24) is 5.32 Å². The molecule has 0 heterocycles. The van der Waals surface area contributed by atoms with Crippen LogP contribution >= 0.6 is 11.6 Å².